The maximum Gasteiger partial charge on any atom is 0.251 e. The Kier molecular flexibility index (Phi) is 5.26. The molecule has 0 atom stereocenters. The molecule has 0 spiro atoms. The monoisotopic (exact) mass is 361 g/mol. The first-order valence-electron chi connectivity index (χ1n) is 9.84. The third-order valence-electron chi connectivity index (χ3n) is 5.58. The average Bonchev–Trinajstić information content (AvgIpc) is 3.11. The number of H-pyrrole nitrogens is 1. The molecule has 1 aromatic heterocycles. The summed E-state index contributed by atoms with van der Waals surface area (Å²) in [7, 11) is 0. The Labute approximate surface area is 160 Å². The molecule has 4 rings (SSSR count). The standard InChI is InChI=1S/C23H27N3O/c1-17-5-4-6-18(15-17)23(27)25-20-10-13-26(14-11-20)12-9-19-16-24-22-8-3-2-7-21(19)22/h2-8,15-16,20,24H,9-14H2,1H3,(H,25,27). The summed E-state index contributed by atoms with van der Waals surface area (Å²) < 4.78 is 0. The zero-order valence-electron chi connectivity index (χ0n) is 15.9. The predicted octanol–water partition coefficient (Wildman–Crippen LogP) is 3.91. The van der Waals surface area contributed by atoms with E-state index in [0.29, 0.717) is 0 Å². The Bertz CT molecular complexity index is 922. The molecule has 1 saturated heterocycles. The third-order valence-corrected chi connectivity index (χ3v) is 5.58. The minimum absolute atomic E-state index is 0.0518. The van der Waals surface area contributed by atoms with Crippen LogP contribution in [-0.2, 0) is 6.42 Å². The lowest BCUT2D eigenvalue weighted by Crippen LogP contribution is -2.45. The van der Waals surface area contributed by atoms with Gasteiger partial charge in [-0.2, -0.15) is 0 Å². The molecule has 1 fully saturated rings. The smallest absolute Gasteiger partial charge is 0.251 e. The summed E-state index contributed by atoms with van der Waals surface area (Å²) in [5.41, 5.74) is 4.48. The summed E-state index contributed by atoms with van der Waals surface area (Å²) in [5.74, 6) is 0.0518. The van der Waals surface area contributed by atoms with Crippen LogP contribution in [0.25, 0.3) is 10.9 Å². The Morgan fingerprint density at radius 1 is 1.15 bits per heavy atom. The molecule has 3 aromatic rings. The molecule has 0 radical (unpaired) electrons. The van der Waals surface area contributed by atoms with Crippen LogP contribution >= 0.6 is 0 Å². The molecular weight excluding hydrogens is 334 g/mol. The van der Waals surface area contributed by atoms with E-state index in [1.165, 1.54) is 16.5 Å². The highest BCUT2D eigenvalue weighted by molar-refractivity contribution is 5.94. The normalized spacial score (nSPS) is 15.9. The lowest BCUT2D eigenvalue weighted by molar-refractivity contribution is 0.0911. The van der Waals surface area contributed by atoms with Gasteiger partial charge in [-0.05, 0) is 49.9 Å². The number of nitrogens with zero attached hydrogens (tertiary/aromatic N) is 1. The maximum atomic E-state index is 12.4. The van der Waals surface area contributed by atoms with Gasteiger partial charge in [0.2, 0.25) is 0 Å². The lowest BCUT2D eigenvalue weighted by Gasteiger charge is -2.32. The summed E-state index contributed by atoms with van der Waals surface area (Å²) in [5, 5.41) is 4.54. The highest BCUT2D eigenvalue weighted by Crippen LogP contribution is 2.19. The predicted molar refractivity (Wildman–Crippen MR) is 110 cm³/mol. The van der Waals surface area contributed by atoms with Crippen molar-refractivity contribution in [2.45, 2.75) is 32.2 Å². The Morgan fingerprint density at radius 2 is 1.96 bits per heavy atom. The van der Waals surface area contributed by atoms with E-state index in [1.54, 1.807) is 0 Å². The first-order chi connectivity index (χ1) is 13.2. The summed E-state index contributed by atoms with van der Waals surface area (Å²) in [4.78, 5) is 18.3. The van der Waals surface area contributed by atoms with Crippen LogP contribution in [0.3, 0.4) is 0 Å². The minimum Gasteiger partial charge on any atom is -0.361 e. The number of likely N-dealkylation sites (tertiary alicyclic amines) is 1. The number of aryl methyl sites for hydroxylation is 1. The molecule has 0 bridgehead atoms. The van der Waals surface area contributed by atoms with Crippen LogP contribution in [-0.4, -0.2) is 41.5 Å². The average molecular weight is 361 g/mol. The molecule has 1 aliphatic heterocycles. The molecular formula is C23H27N3O. The molecule has 0 saturated carbocycles. The van der Waals surface area contributed by atoms with Crippen molar-refractivity contribution >= 4 is 16.8 Å². The van der Waals surface area contributed by atoms with Gasteiger partial charge in [0, 0.05) is 48.3 Å². The number of hydrogen-bond acceptors (Lipinski definition) is 2. The van der Waals surface area contributed by atoms with Crippen molar-refractivity contribution in [2.75, 3.05) is 19.6 Å². The number of aromatic nitrogens is 1. The van der Waals surface area contributed by atoms with Crippen molar-refractivity contribution in [3.8, 4) is 0 Å². The van der Waals surface area contributed by atoms with Gasteiger partial charge in [0.15, 0.2) is 0 Å². The zero-order valence-corrected chi connectivity index (χ0v) is 15.9. The highest BCUT2D eigenvalue weighted by Gasteiger charge is 2.21. The van der Waals surface area contributed by atoms with Crippen molar-refractivity contribution in [1.82, 2.24) is 15.2 Å². The Hall–Kier alpha value is -2.59. The van der Waals surface area contributed by atoms with E-state index < -0.39 is 0 Å². The highest BCUT2D eigenvalue weighted by atomic mass is 16.1. The third kappa shape index (κ3) is 4.22. The number of hydrogen-bond donors (Lipinski definition) is 2. The SMILES string of the molecule is Cc1cccc(C(=O)NC2CCN(CCc3c[nH]c4ccccc34)CC2)c1. The maximum absolute atomic E-state index is 12.4. The number of fused-ring (bicyclic) bond motifs is 1. The Balaban J connectivity index is 1.26. The molecule has 4 heteroatoms. The van der Waals surface area contributed by atoms with E-state index in [-0.39, 0.29) is 11.9 Å². The molecule has 1 aliphatic rings. The number of benzene rings is 2. The second-order valence-corrected chi connectivity index (χ2v) is 7.57. The number of nitrogens with one attached hydrogen (secondary N) is 2. The fourth-order valence-electron chi connectivity index (χ4n) is 3.97. The lowest BCUT2D eigenvalue weighted by atomic mass is 10.0. The van der Waals surface area contributed by atoms with Crippen LogP contribution in [0.1, 0.15) is 34.3 Å². The van der Waals surface area contributed by atoms with Crippen LogP contribution in [0.15, 0.2) is 54.7 Å². The van der Waals surface area contributed by atoms with E-state index in [0.717, 1.165) is 50.0 Å². The van der Waals surface area contributed by atoms with Crippen LogP contribution in [0.2, 0.25) is 0 Å². The largest absolute Gasteiger partial charge is 0.361 e. The molecule has 2 heterocycles. The van der Waals surface area contributed by atoms with Crippen LogP contribution in [0.4, 0.5) is 0 Å². The van der Waals surface area contributed by atoms with Gasteiger partial charge >= 0.3 is 0 Å². The van der Waals surface area contributed by atoms with E-state index in [2.05, 4.69) is 45.7 Å². The number of piperidine rings is 1. The zero-order chi connectivity index (χ0) is 18.6. The van der Waals surface area contributed by atoms with Gasteiger partial charge in [0.05, 0.1) is 0 Å². The van der Waals surface area contributed by atoms with E-state index in [1.807, 2.05) is 31.2 Å². The molecule has 2 aromatic carbocycles. The van der Waals surface area contributed by atoms with Crippen molar-refractivity contribution in [2.24, 2.45) is 0 Å². The van der Waals surface area contributed by atoms with Gasteiger partial charge in [-0.25, -0.2) is 0 Å². The fourth-order valence-corrected chi connectivity index (χ4v) is 3.97. The number of carbonyl (C=O) groups excluding carboxylic acids is 1. The second-order valence-electron chi connectivity index (χ2n) is 7.57. The first-order valence-corrected chi connectivity index (χ1v) is 9.84. The topological polar surface area (TPSA) is 48.1 Å². The molecule has 1 amide bonds. The molecule has 4 nitrogen and oxygen atoms in total. The van der Waals surface area contributed by atoms with Crippen LogP contribution in [0, 0.1) is 6.92 Å². The second kappa shape index (κ2) is 7.97. The molecule has 0 aliphatic carbocycles. The number of aromatic amines is 1. The molecule has 0 unspecified atom stereocenters. The number of rotatable bonds is 5. The molecule has 27 heavy (non-hydrogen) atoms. The van der Waals surface area contributed by atoms with Gasteiger partial charge in [0.25, 0.3) is 5.91 Å². The van der Waals surface area contributed by atoms with E-state index in [4.69, 9.17) is 0 Å². The van der Waals surface area contributed by atoms with E-state index >= 15 is 0 Å². The molecule has 140 valence electrons. The minimum atomic E-state index is 0.0518. The summed E-state index contributed by atoms with van der Waals surface area (Å²) >= 11 is 0. The van der Waals surface area contributed by atoms with Gasteiger partial charge in [-0.1, -0.05) is 35.9 Å². The number of para-hydroxylation sites is 1. The number of carbonyl (C=O) groups is 1. The van der Waals surface area contributed by atoms with Crippen LogP contribution in [0.5, 0.6) is 0 Å². The van der Waals surface area contributed by atoms with Crippen molar-refractivity contribution in [3.05, 3.63) is 71.4 Å². The van der Waals surface area contributed by atoms with E-state index in [9.17, 15) is 4.79 Å². The van der Waals surface area contributed by atoms with Gasteiger partial charge in [-0.15, -0.1) is 0 Å². The van der Waals surface area contributed by atoms with Gasteiger partial charge < -0.3 is 15.2 Å². The fraction of sp³-hybridized carbons (Fsp3) is 0.348. The number of amides is 1. The van der Waals surface area contributed by atoms with Crippen LogP contribution < -0.4 is 5.32 Å². The first kappa shape index (κ1) is 17.8. The van der Waals surface area contributed by atoms with Gasteiger partial charge in [0.1, 0.15) is 0 Å². The Morgan fingerprint density at radius 3 is 2.78 bits per heavy atom. The quantitative estimate of drug-likeness (QED) is 0.724. The van der Waals surface area contributed by atoms with Crippen molar-refractivity contribution < 1.29 is 4.79 Å². The summed E-state index contributed by atoms with van der Waals surface area (Å²) in [6.07, 6.45) is 5.24. The van der Waals surface area contributed by atoms with Crippen molar-refractivity contribution in [1.29, 1.82) is 0 Å². The summed E-state index contributed by atoms with van der Waals surface area (Å²) in [6, 6.07) is 16.6. The summed E-state index contributed by atoms with van der Waals surface area (Å²) in [6.45, 7) is 5.17. The molecule has 2 N–H and O–H groups in total. The van der Waals surface area contributed by atoms with Crippen molar-refractivity contribution in [3.63, 3.8) is 0 Å². The van der Waals surface area contributed by atoms with Gasteiger partial charge in [-0.3, -0.25) is 4.79 Å².